The van der Waals surface area contributed by atoms with E-state index in [4.69, 9.17) is 18.5 Å². The molecule has 1 fully saturated rings. The molecule has 0 aromatic rings. The third-order valence-electron chi connectivity index (χ3n) is 10.7. The fraction of sp³-hybridized carbons (Fsp3) is 0.848. The Kier molecular flexibility index (Phi) is 35.0. The highest BCUT2D eigenvalue weighted by Crippen LogP contribution is 2.47. The van der Waals surface area contributed by atoms with Gasteiger partial charge in [-0.05, 0) is 64.2 Å². The van der Waals surface area contributed by atoms with Crippen LogP contribution in [0.5, 0.6) is 0 Å². The van der Waals surface area contributed by atoms with Crippen LogP contribution in [0.2, 0.25) is 0 Å². The van der Waals surface area contributed by atoms with E-state index in [1.807, 2.05) is 0 Å². The predicted molar refractivity (Wildman–Crippen MR) is 235 cm³/mol. The molecule has 1 aliphatic carbocycles. The molecule has 59 heavy (non-hydrogen) atoms. The van der Waals surface area contributed by atoms with E-state index in [1.54, 1.807) is 0 Å². The second-order valence-corrected chi connectivity index (χ2v) is 17.7. The molecule has 12 nitrogen and oxygen atoms in total. The highest BCUT2D eigenvalue weighted by atomic mass is 31.2. The van der Waals surface area contributed by atoms with Crippen molar-refractivity contribution in [2.24, 2.45) is 0 Å². The topological polar surface area (TPSA) is 192 Å². The molecule has 6 atom stereocenters. The number of esters is 1. The summed E-state index contributed by atoms with van der Waals surface area (Å²) in [6.07, 6.45) is 30.7. The summed E-state index contributed by atoms with van der Waals surface area (Å²) in [6, 6.07) is 0. The fourth-order valence-corrected chi connectivity index (χ4v) is 7.95. The lowest BCUT2D eigenvalue weighted by Crippen LogP contribution is -2.64. The lowest BCUT2D eigenvalue weighted by molar-refractivity contribution is -0.220. The van der Waals surface area contributed by atoms with E-state index >= 15 is 0 Å². The summed E-state index contributed by atoms with van der Waals surface area (Å²) >= 11 is 0. The average molecular weight is 861 g/mol. The van der Waals surface area contributed by atoms with Crippen molar-refractivity contribution in [3.05, 3.63) is 36.5 Å². The van der Waals surface area contributed by atoms with Gasteiger partial charge < -0.3 is 39.9 Å². The number of phosphoric acid groups is 1. The summed E-state index contributed by atoms with van der Waals surface area (Å²) in [6.45, 7) is 4.17. The molecule has 0 bridgehead atoms. The Balaban J connectivity index is 2.39. The van der Waals surface area contributed by atoms with Crippen molar-refractivity contribution < 1.29 is 58.3 Å². The minimum Gasteiger partial charge on any atom is -0.457 e. The van der Waals surface area contributed by atoms with Crippen LogP contribution in [-0.4, -0.2) is 98.9 Å². The number of carbonyl (C=O) groups is 1. The van der Waals surface area contributed by atoms with Crippen LogP contribution >= 0.6 is 7.82 Å². The van der Waals surface area contributed by atoms with Gasteiger partial charge in [0.2, 0.25) is 0 Å². The highest BCUT2D eigenvalue weighted by Gasteiger charge is 2.51. The molecule has 0 aromatic carbocycles. The standard InChI is InChI=1S/C46H85O12P/c1-3-5-7-9-11-13-15-17-19-20-21-22-23-25-27-29-31-33-35-40(47)57-39(37-55-36-34-32-30-28-26-24-18-16-14-12-10-8-6-4-2)38-56-59(53,54)58-46-44(51)42(49)41(48)43(50)45(46)52/h8,10,14,16,19-20,39,41-46,48-52H,3-7,9,11-13,15,17-18,21-38H2,1-2H3,(H,53,54)/b10-8-,16-14-,20-19-. The number of allylic oxidation sites excluding steroid dienone is 6. The molecular formula is C46H85O12P. The van der Waals surface area contributed by atoms with Crippen LogP contribution < -0.4 is 0 Å². The quantitative estimate of drug-likeness (QED) is 0.0149. The maximum Gasteiger partial charge on any atom is 0.472 e. The molecule has 1 aliphatic rings. The first-order chi connectivity index (χ1) is 28.5. The predicted octanol–water partition coefficient (Wildman–Crippen LogP) is 9.48. The molecular weight excluding hydrogens is 775 g/mol. The van der Waals surface area contributed by atoms with Crippen LogP contribution in [0.25, 0.3) is 0 Å². The Morgan fingerprint density at radius 2 is 0.983 bits per heavy atom. The van der Waals surface area contributed by atoms with Gasteiger partial charge in [-0.3, -0.25) is 13.8 Å². The highest BCUT2D eigenvalue weighted by molar-refractivity contribution is 7.47. The van der Waals surface area contributed by atoms with Crippen molar-refractivity contribution in [3.63, 3.8) is 0 Å². The second kappa shape index (κ2) is 37.1. The second-order valence-electron chi connectivity index (χ2n) is 16.2. The van der Waals surface area contributed by atoms with Gasteiger partial charge in [0.05, 0.1) is 13.2 Å². The summed E-state index contributed by atoms with van der Waals surface area (Å²) in [7, 11) is -5.02. The van der Waals surface area contributed by atoms with E-state index in [1.165, 1.54) is 83.5 Å². The zero-order valence-corrected chi connectivity index (χ0v) is 37.7. The summed E-state index contributed by atoms with van der Waals surface area (Å²) in [5, 5.41) is 50.2. The van der Waals surface area contributed by atoms with Gasteiger partial charge in [-0.15, -0.1) is 0 Å². The fourth-order valence-electron chi connectivity index (χ4n) is 6.98. The average Bonchev–Trinajstić information content (AvgIpc) is 3.22. The maximum absolute atomic E-state index is 12.8. The van der Waals surface area contributed by atoms with Crippen molar-refractivity contribution >= 4 is 13.8 Å². The van der Waals surface area contributed by atoms with E-state index in [2.05, 4.69) is 50.3 Å². The largest absolute Gasteiger partial charge is 0.472 e. The van der Waals surface area contributed by atoms with Crippen molar-refractivity contribution in [3.8, 4) is 0 Å². The smallest absolute Gasteiger partial charge is 0.457 e. The number of phosphoric ester groups is 1. The van der Waals surface area contributed by atoms with Crippen molar-refractivity contribution in [1.29, 1.82) is 0 Å². The van der Waals surface area contributed by atoms with E-state index in [0.29, 0.717) is 13.0 Å². The van der Waals surface area contributed by atoms with Gasteiger partial charge >= 0.3 is 13.8 Å². The first-order valence-electron chi connectivity index (χ1n) is 23.3. The van der Waals surface area contributed by atoms with Gasteiger partial charge in [0.25, 0.3) is 0 Å². The van der Waals surface area contributed by atoms with Gasteiger partial charge in [-0.1, -0.05) is 153 Å². The van der Waals surface area contributed by atoms with Crippen molar-refractivity contribution in [2.45, 2.75) is 230 Å². The van der Waals surface area contributed by atoms with Gasteiger partial charge in [-0.25, -0.2) is 4.57 Å². The van der Waals surface area contributed by atoms with Gasteiger partial charge in [-0.2, -0.15) is 0 Å². The Morgan fingerprint density at radius 3 is 1.51 bits per heavy atom. The lowest BCUT2D eigenvalue weighted by atomic mass is 9.85. The number of aliphatic hydroxyl groups excluding tert-OH is 5. The SMILES string of the molecule is CCC/C=C\C/C=C\CCCCCCCCOCC(COP(=O)(O)OC1C(O)C(O)C(O)C(O)C1O)OC(=O)CCCCCCCCC/C=C\CCCCCCCCC. The molecule has 0 heterocycles. The molecule has 0 aromatic heterocycles. The van der Waals surface area contributed by atoms with Gasteiger partial charge in [0.1, 0.15) is 42.7 Å². The Bertz CT molecular complexity index is 1120. The monoisotopic (exact) mass is 861 g/mol. The first kappa shape index (κ1) is 55.6. The van der Waals surface area contributed by atoms with Crippen LogP contribution in [0.15, 0.2) is 36.5 Å². The van der Waals surface area contributed by atoms with E-state index in [9.17, 15) is 39.8 Å². The zero-order chi connectivity index (χ0) is 43.4. The molecule has 1 rings (SSSR count). The zero-order valence-electron chi connectivity index (χ0n) is 36.8. The van der Waals surface area contributed by atoms with Crippen molar-refractivity contribution in [1.82, 2.24) is 0 Å². The molecule has 6 unspecified atom stereocenters. The Hall–Kier alpha value is -1.44. The third-order valence-corrected chi connectivity index (χ3v) is 11.7. The van der Waals surface area contributed by atoms with Gasteiger partial charge in [0, 0.05) is 13.0 Å². The van der Waals surface area contributed by atoms with Crippen LogP contribution in [-0.2, 0) is 27.9 Å². The molecule has 1 saturated carbocycles. The molecule has 346 valence electrons. The normalized spacial score (nSPS) is 22.8. The molecule has 6 N–H and O–H groups in total. The Morgan fingerprint density at radius 1 is 0.542 bits per heavy atom. The summed E-state index contributed by atoms with van der Waals surface area (Å²) in [4.78, 5) is 23.2. The molecule has 0 amide bonds. The summed E-state index contributed by atoms with van der Waals surface area (Å²) < 4.78 is 34.2. The van der Waals surface area contributed by atoms with Crippen LogP contribution in [0.4, 0.5) is 0 Å². The van der Waals surface area contributed by atoms with E-state index < -0.39 is 63.1 Å². The van der Waals surface area contributed by atoms with E-state index in [0.717, 1.165) is 77.0 Å². The number of ether oxygens (including phenoxy) is 2. The molecule has 0 aliphatic heterocycles. The van der Waals surface area contributed by atoms with E-state index in [-0.39, 0.29) is 13.0 Å². The number of aliphatic hydroxyl groups is 5. The number of hydrogen-bond donors (Lipinski definition) is 6. The lowest BCUT2D eigenvalue weighted by Gasteiger charge is -2.41. The minimum atomic E-state index is -5.02. The van der Waals surface area contributed by atoms with Crippen LogP contribution in [0, 0.1) is 0 Å². The molecule has 0 radical (unpaired) electrons. The van der Waals surface area contributed by atoms with Crippen LogP contribution in [0.1, 0.15) is 187 Å². The molecule has 13 heteroatoms. The first-order valence-corrected chi connectivity index (χ1v) is 24.8. The number of hydrogen-bond acceptors (Lipinski definition) is 11. The van der Waals surface area contributed by atoms with Crippen LogP contribution in [0.3, 0.4) is 0 Å². The minimum absolute atomic E-state index is 0.0850. The number of carbonyl (C=O) groups excluding carboxylic acids is 1. The molecule has 0 saturated heterocycles. The Labute approximate surface area is 357 Å². The van der Waals surface area contributed by atoms with Gasteiger partial charge in [0.15, 0.2) is 0 Å². The van der Waals surface area contributed by atoms with Crippen molar-refractivity contribution in [2.75, 3.05) is 19.8 Å². The maximum atomic E-state index is 12.8. The number of unbranched alkanes of at least 4 members (excludes halogenated alkanes) is 21. The summed E-state index contributed by atoms with van der Waals surface area (Å²) in [5.41, 5.74) is 0. The molecule has 0 spiro atoms. The number of rotatable bonds is 39. The third kappa shape index (κ3) is 29.5. The summed E-state index contributed by atoms with van der Waals surface area (Å²) in [5.74, 6) is -0.486.